The van der Waals surface area contributed by atoms with Crippen molar-refractivity contribution in [3.63, 3.8) is 0 Å². The van der Waals surface area contributed by atoms with Crippen LogP contribution in [0.25, 0.3) is 0 Å². The molecule has 150 valence electrons. The second-order valence-corrected chi connectivity index (χ2v) is 7.22. The molecule has 0 spiro atoms. The highest BCUT2D eigenvalue weighted by Crippen LogP contribution is 2.22. The third-order valence-electron chi connectivity index (χ3n) is 4.88. The number of nitrogens with one attached hydrogen (secondary N) is 1. The lowest BCUT2D eigenvalue weighted by Gasteiger charge is -2.26. The first kappa shape index (κ1) is 20.0. The minimum absolute atomic E-state index is 0.0290. The van der Waals surface area contributed by atoms with Crippen LogP contribution in [0.1, 0.15) is 35.0 Å². The fourth-order valence-electron chi connectivity index (χ4n) is 3.39. The number of aliphatic hydroxyl groups is 2. The third kappa shape index (κ3) is 4.58. The van der Waals surface area contributed by atoms with Gasteiger partial charge >= 0.3 is 0 Å². The third-order valence-corrected chi connectivity index (χ3v) is 4.88. The van der Waals surface area contributed by atoms with E-state index in [4.69, 9.17) is 4.52 Å². The van der Waals surface area contributed by atoms with Gasteiger partial charge in [0.2, 0.25) is 11.8 Å². The maximum Gasteiger partial charge on any atom is 0.243 e. The number of carbonyl (C=O) groups is 2. The molecule has 1 aliphatic rings. The molecule has 28 heavy (non-hydrogen) atoms. The van der Waals surface area contributed by atoms with Crippen molar-refractivity contribution in [2.75, 3.05) is 13.2 Å². The number of amides is 2. The van der Waals surface area contributed by atoms with E-state index in [1.54, 1.807) is 13.0 Å². The molecule has 3 N–H and O–H groups in total. The van der Waals surface area contributed by atoms with E-state index in [0.717, 1.165) is 11.1 Å². The van der Waals surface area contributed by atoms with Gasteiger partial charge in [0.05, 0.1) is 30.9 Å². The summed E-state index contributed by atoms with van der Waals surface area (Å²) in [5.74, 6) is -0.307. The molecule has 0 unspecified atom stereocenters. The summed E-state index contributed by atoms with van der Waals surface area (Å²) in [7, 11) is 0. The predicted octanol–water partition coefficient (Wildman–Crippen LogP) is 0.646. The average molecular weight is 387 g/mol. The summed E-state index contributed by atoms with van der Waals surface area (Å²) >= 11 is 0. The summed E-state index contributed by atoms with van der Waals surface area (Å²) in [6.07, 6.45) is -0.652. The van der Waals surface area contributed by atoms with E-state index in [1.807, 2.05) is 31.2 Å². The van der Waals surface area contributed by atoms with Gasteiger partial charge in [-0.15, -0.1) is 0 Å². The fraction of sp³-hybridized carbons (Fsp3) is 0.450. The van der Waals surface area contributed by atoms with Crippen molar-refractivity contribution in [1.82, 2.24) is 15.4 Å². The molecule has 1 fully saturated rings. The maximum absolute atomic E-state index is 12.8. The van der Waals surface area contributed by atoms with Crippen molar-refractivity contribution >= 4 is 11.8 Å². The van der Waals surface area contributed by atoms with Crippen molar-refractivity contribution in [3.8, 4) is 0 Å². The Morgan fingerprint density at radius 3 is 2.64 bits per heavy atom. The normalized spacial score (nSPS) is 20.2. The van der Waals surface area contributed by atoms with Gasteiger partial charge in [-0.3, -0.25) is 9.59 Å². The van der Waals surface area contributed by atoms with Crippen molar-refractivity contribution in [2.45, 2.75) is 44.9 Å². The van der Waals surface area contributed by atoms with Gasteiger partial charge in [-0.25, -0.2) is 0 Å². The molecule has 0 bridgehead atoms. The largest absolute Gasteiger partial charge is 0.394 e. The molecule has 1 aromatic carbocycles. The number of β-amino-alcohol motifs (C(OH)–C–C–N with tert-alkyl or cyclic N) is 1. The van der Waals surface area contributed by atoms with E-state index in [9.17, 15) is 19.8 Å². The molecular formula is C20H25N3O5. The zero-order chi connectivity index (χ0) is 20.3. The number of hydrogen-bond donors (Lipinski definition) is 3. The van der Waals surface area contributed by atoms with Crippen LogP contribution in [-0.4, -0.2) is 57.4 Å². The Morgan fingerprint density at radius 2 is 2.04 bits per heavy atom. The van der Waals surface area contributed by atoms with Crippen LogP contribution in [0.2, 0.25) is 0 Å². The number of aliphatic hydroxyl groups excluding tert-OH is 2. The number of likely N-dealkylation sites (tertiary alicyclic amines) is 1. The Morgan fingerprint density at radius 1 is 1.32 bits per heavy atom. The molecule has 1 aliphatic heterocycles. The molecular weight excluding hydrogens is 362 g/mol. The quantitative estimate of drug-likeness (QED) is 0.670. The number of nitrogens with zero attached hydrogens (tertiary/aromatic N) is 2. The van der Waals surface area contributed by atoms with Crippen molar-refractivity contribution < 1.29 is 24.3 Å². The number of hydrogen-bond acceptors (Lipinski definition) is 6. The molecule has 2 amide bonds. The van der Waals surface area contributed by atoms with Crippen LogP contribution in [0.5, 0.6) is 0 Å². The van der Waals surface area contributed by atoms with E-state index in [0.29, 0.717) is 11.5 Å². The van der Waals surface area contributed by atoms with Crippen molar-refractivity contribution in [3.05, 3.63) is 52.9 Å². The van der Waals surface area contributed by atoms with Gasteiger partial charge in [-0.1, -0.05) is 35.0 Å². The van der Waals surface area contributed by atoms with Crippen LogP contribution in [0.4, 0.5) is 0 Å². The van der Waals surface area contributed by atoms with Crippen LogP contribution >= 0.6 is 0 Å². The average Bonchev–Trinajstić information content (AvgIpc) is 3.25. The van der Waals surface area contributed by atoms with Crippen LogP contribution < -0.4 is 5.32 Å². The summed E-state index contributed by atoms with van der Waals surface area (Å²) in [6.45, 7) is 3.52. The lowest BCUT2D eigenvalue weighted by Crippen LogP contribution is -2.47. The number of rotatable bonds is 6. The van der Waals surface area contributed by atoms with E-state index in [1.165, 1.54) is 4.90 Å². The number of benzene rings is 1. The molecule has 8 heteroatoms. The lowest BCUT2D eigenvalue weighted by molar-refractivity contribution is -0.138. The smallest absolute Gasteiger partial charge is 0.243 e. The zero-order valence-corrected chi connectivity index (χ0v) is 16.0. The lowest BCUT2D eigenvalue weighted by atomic mass is 10.0. The fourth-order valence-corrected chi connectivity index (χ4v) is 3.39. The number of aromatic nitrogens is 1. The van der Waals surface area contributed by atoms with Gasteiger partial charge in [0.15, 0.2) is 0 Å². The Labute approximate surface area is 163 Å². The molecule has 2 aromatic rings. The molecule has 0 saturated carbocycles. The van der Waals surface area contributed by atoms with Crippen LogP contribution in [0, 0.1) is 13.8 Å². The highest BCUT2D eigenvalue weighted by molar-refractivity contribution is 5.89. The van der Waals surface area contributed by atoms with E-state index in [2.05, 4.69) is 10.5 Å². The zero-order valence-electron chi connectivity index (χ0n) is 16.0. The Kier molecular flexibility index (Phi) is 6.11. The molecule has 0 aliphatic carbocycles. The van der Waals surface area contributed by atoms with Crippen molar-refractivity contribution in [2.24, 2.45) is 0 Å². The van der Waals surface area contributed by atoms with E-state index < -0.39 is 24.1 Å². The highest BCUT2D eigenvalue weighted by Gasteiger charge is 2.39. The van der Waals surface area contributed by atoms with Crippen LogP contribution in [-0.2, 0) is 16.0 Å². The van der Waals surface area contributed by atoms with Crippen molar-refractivity contribution in [1.29, 1.82) is 0 Å². The van der Waals surface area contributed by atoms with Gasteiger partial charge in [-0.05, 0) is 19.4 Å². The molecule has 1 aromatic heterocycles. The number of carbonyl (C=O) groups excluding carboxylic acids is 2. The Bertz CT molecular complexity index is 833. The number of aryl methyl sites for hydroxylation is 2. The SMILES string of the molecule is Cc1ccc([C@H](CO)NC(=O)[C@@H]2C[C@@H](O)CN2C(=O)Cc2cc(C)no2)cc1. The Hall–Kier alpha value is -2.71. The molecule has 3 atom stereocenters. The molecule has 1 saturated heterocycles. The summed E-state index contributed by atoms with van der Waals surface area (Å²) in [5.41, 5.74) is 2.52. The molecule has 0 radical (unpaired) electrons. The van der Waals surface area contributed by atoms with Gasteiger partial charge in [0, 0.05) is 19.0 Å². The van der Waals surface area contributed by atoms with Gasteiger partial charge in [0.1, 0.15) is 11.8 Å². The summed E-state index contributed by atoms with van der Waals surface area (Å²) in [4.78, 5) is 26.8. The van der Waals surface area contributed by atoms with Crippen LogP contribution in [0.3, 0.4) is 0 Å². The predicted molar refractivity (Wildman–Crippen MR) is 100 cm³/mol. The van der Waals surface area contributed by atoms with Gasteiger partial charge < -0.3 is 25.0 Å². The highest BCUT2D eigenvalue weighted by atomic mass is 16.5. The monoisotopic (exact) mass is 387 g/mol. The maximum atomic E-state index is 12.8. The Balaban J connectivity index is 1.69. The molecule has 8 nitrogen and oxygen atoms in total. The summed E-state index contributed by atoms with van der Waals surface area (Å²) < 4.78 is 5.07. The first-order chi connectivity index (χ1) is 13.4. The first-order valence-corrected chi connectivity index (χ1v) is 9.25. The first-order valence-electron chi connectivity index (χ1n) is 9.25. The topological polar surface area (TPSA) is 116 Å². The van der Waals surface area contributed by atoms with E-state index >= 15 is 0 Å². The van der Waals surface area contributed by atoms with Gasteiger partial charge in [0.25, 0.3) is 0 Å². The summed E-state index contributed by atoms with van der Waals surface area (Å²) in [5, 5.41) is 26.3. The van der Waals surface area contributed by atoms with Gasteiger partial charge in [-0.2, -0.15) is 0 Å². The minimum Gasteiger partial charge on any atom is -0.394 e. The second-order valence-electron chi connectivity index (χ2n) is 7.22. The second kappa shape index (κ2) is 8.53. The minimum atomic E-state index is -0.800. The van der Waals surface area contributed by atoms with E-state index in [-0.39, 0.29) is 31.9 Å². The summed E-state index contributed by atoms with van der Waals surface area (Å²) in [6, 6.07) is 7.77. The molecule has 3 rings (SSSR count). The van der Waals surface area contributed by atoms with Crippen LogP contribution in [0.15, 0.2) is 34.9 Å². The molecule has 2 heterocycles. The standard InChI is InChI=1S/C20H25N3O5/c1-12-3-5-14(6-4-12)17(11-24)21-20(27)18-8-15(25)10-23(18)19(26)9-16-7-13(2)22-28-16/h3-7,15,17-18,24-25H,8-11H2,1-2H3,(H,21,27)/t15-,17+,18+/m1/s1.